The van der Waals surface area contributed by atoms with E-state index in [2.05, 4.69) is 15.9 Å². The molecule has 1 aliphatic rings. The Balaban J connectivity index is 1.61. The maximum atomic E-state index is 12.7. The molecule has 0 aliphatic carbocycles. The Morgan fingerprint density at radius 2 is 1.76 bits per heavy atom. The second kappa shape index (κ2) is 7.82. The fourth-order valence-corrected chi connectivity index (χ4v) is 4.85. The van der Waals surface area contributed by atoms with E-state index in [0.717, 1.165) is 9.35 Å². The molecule has 25 heavy (non-hydrogen) atoms. The second-order valence-corrected chi connectivity index (χ2v) is 9.36. The van der Waals surface area contributed by atoms with Gasteiger partial charge in [-0.3, -0.25) is 4.79 Å². The number of rotatable bonds is 4. The zero-order valence-electron chi connectivity index (χ0n) is 13.3. The summed E-state index contributed by atoms with van der Waals surface area (Å²) in [6.45, 7) is 1.39. The summed E-state index contributed by atoms with van der Waals surface area (Å²) in [6.07, 6.45) is 3.34. The van der Waals surface area contributed by atoms with Gasteiger partial charge in [-0.1, -0.05) is 22.0 Å². The molecular formula is C17H17BrN2O3S2. The van der Waals surface area contributed by atoms with E-state index in [1.807, 2.05) is 17.5 Å². The molecule has 0 atom stereocenters. The van der Waals surface area contributed by atoms with Crippen LogP contribution in [0.3, 0.4) is 0 Å². The Morgan fingerprint density at radius 3 is 2.36 bits per heavy atom. The van der Waals surface area contributed by atoms with Crippen LogP contribution in [0.2, 0.25) is 0 Å². The van der Waals surface area contributed by atoms with E-state index >= 15 is 0 Å². The van der Waals surface area contributed by atoms with Gasteiger partial charge in [0.15, 0.2) is 0 Å². The van der Waals surface area contributed by atoms with E-state index in [-0.39, 0.29) is 10.8 Å². The van der Waals surface area contributed by atoms with Crippen LogP contribution in [0.25, 0.3) is 6.08 Å². The third kappa shape index (κ3) is 4.38. The molecule has 3 rings (SSSR count). The van der Waals surface area contributed by atoms with Crippen molar-refractivity contribution >= 4 is 49.3 Å². The highest BCUT2D eigenvalue weighted by Gasteiger charge is 2.29. The van der Waals surface area contributed by atoms with Gasteiger partial charge in [-0.15, -0.1) is 11.3 Å². The van der Waals surface area contributed by atoms with E-state index in [9.17, 15) is 13.2 Å². The number of hydrogen-bond acceptors (Lipinski definition) is 4. The average Bonchev–Trinajstić information content (AvgIpc) is 3.14. The van der Waals surface area contributed by atoms with Gasteiger partial charge in [0.1, 0.15) is 0 Å². The summed E-state index contributed by atoms with van der Waals surface area (Å²) in [5.41, 5.74) is 0. The lowest BCUT2D eigenvalue weighted by atomic mass is 10.3. The van der Waals surface area contributed by atoms with E-state index in [0.29, 0.717) is 26.2 Å². The SMILES string of the molecule is O=C(C=Cc1cccs1)N1CCN(S(=O)(=O)c2ccc(Br)cc2)CC1. The lowest BCUT2D eigenvalue weighted by molar-refractivity contribution is -0.127. The first-order chi connectivity index (χ1) is 12.0. The van der Waals surface area contributed by atoms with Crippen LogP contribution in [0.5, 0.6) is 0 Å². The molecule has 0 radical (unpaired) electrons. The number of sulfonamides is 1. The number of piperazine rings is 1. The largest absolute Gasteiger partial charge is 0.337 e. The van der Waals surface area contributed by atoms with Gasteiger partial charge in [-0.25, -0.2) is 8.42 Å². The summed E-state index contributed by atoms with van der Waals surface area (Å²) in [5.74, 6) is -0.0888. The first-order valence-corrected chi connectivity index (χ1v) is 10.8. The van der Waals surface area contributed by atoms with E-state index in [1.54, 1.807) is 52.7 Å². The summed E-state index contributed by atoms with van der Waals surface area (Å²) in [5, 5.41) is 1.95. The minimum absolute atomic E-state index is 0.0888. The number of hydrogen-bond donors (Lipinski definition) is 0. The molecule has 2 heterocycles. The van der Waals surface area contributed by atoms with Crippen molar-refractivity contribution in [2.24, 2.45) is 0 Å². The summed E-state index contributed by atoms with van der Waals surface area (Å²) in [4.78, 5) is 15.2. The van der Waals surface area contributed by atoms with Gasteiger partial charge in [0, 0.05) is 41.6 Å². The Labute approximate surface area is 159 Å². The first-order valence-electron chi connectivity index (χ1n) is 7.73. The minimum Gasteiger partial charge on any atom is -0.337 e. The standard InChI is InChI=1S/C17H17BrN2O3S2/c18-14-3-6-16(7-4-14)25(22,23)20-11-9-19(10-12-20)17(21)8-5-15-2-1-13-24-15/h1-8,13H,9-12H2. The molecule has 1 amide bonds. The molecule has 0 saturated carbocycles. The molecule has 0 N–H and O–H groups in total. The number of benzene rings is 1. The fraction of sp³-hybridized carbons (Fsp3) is 0.235. The lowest BCUT2D eigenvalue weighted by Crippen LogP contribution is -2.50. The van der Waals surface area contributed by atoms with Crippen molar-refractivity contribution in [2.45, 2.75) is 4.90 Å². The average molecular weight is 441 g/mol. The second-order valence-electron chi connectivity index (χ2n) is 5.53. The van der Waals surface area contributed by atoms with Crippen molar-refractivity contribution in [1.82, 2.24) is 9.21 Å². The number of thiophene rings is 1. The normalized spacial score (nSPS) is 16.4. The van der Waals surface area contributed by atoms with Crippen LogP contribution in [0, 0.1) is 0 Å². The lowest BCUT2D eigenvalue weighted by Gasteiger charge is -2.33. The van der Waals surface area contributed by atoms with Crippen molar-refractivity contribution < 1.29 is 13.2 Å². The van der Waals surface area contributed by atoms with Crippen LogP contribution in [0.4, 0.5) is 0 Å². The highest BCUT2D eigenvalue weighted by Crippen LogP contribution is 2.20. The number of carbonyl (C=O) groups is 1. The van der Waals surface area contributed by atoms with Gasteiger partial charge in [0.05, 0.1) is 4.90 Å². The summed E-state index contributed by atoms with van der Waals surface area (Å²) in [7, 11) is -3.52. The molecule has 2 aromatic rings. The topological polar surface area (TPSA) is 57.7 Å². The van der Waals surface area contributed by atoms with E-state index in [4.69, 9.17) is 0 Å². The maximum absolute atomic E-state index is 12.7. The van der Waals surface area contributed by atoms with Crippen LogP contribution in [0.15, 0.2) is 57.2 Å². The van der Waals surface area contributed by atoms with Crippen LogP contribution in [-0.4, -0.2) is 49.7 Å². The molecule has 5 nitrogen and oxygen atoms in total. The van der Waals surface area contributed by atoms with Gasteiger partial charge >= 0.3 is 0 Å². The molecular weight excluding hydrogens is 424 g/mol. The molecule has 0 unspecified atom stereocenters. The van der Waals surface area contributed by atoms with Crippen molar-refractivity contribution in [2.75, 3.05) is 26.2 Å². The van der Waals surface area contributed by atoms with E-state index in [1.165, 1.54) is 4.31 Å². The number of carbonyl (C=O) groups excluding carboxylic acids is 1. The smallest absolute Gasteiger partial charge is 0.246 e. The Bertz CT molecular complexity index is 854. The summed E-state index contributed by atoms with van der Waals surface area (Å²) in [6, 6.07) is 10.5. The predicted molar refractivity (Wildman–Crippen MR) is 103 cm³/mol. The van der Waals surface area contributed by atoms with Crippen LogP contribution in [0.1, 0.15) is 4.88 Å². The Morgan fingerprint density at radius 1 is 1.08 bits per heavy atom. The number of halogens is 1. The van der Waals surface area contributed by atoms with Gasteiger partial charge < -0.3 is 4.90 Å². The van der Waals surface area contributed by atoms with E-state index < -0.39 is 10.0 Å². The van der Waals surface area contributed by atoms with Crippen molar-refractivity contribution in [3.05, 3.63) is 57.2 Å². The summed E-state index contributed by atoms with van der Waals surface area (Å²) < 4.78 is 27.6. The first kappa shape index (κ1) is 18.3. The molecule has 132 valence electrons. The van der Waals surface area contributed by atoms with Crippen molar-refractivity contribution in [3.8, 4) is 0 Å². The maximum Gasteiger partial charge on any atom is 0.246 e. The Kier molecular flexibility index (Phi) is 5.73. The number of nitrogens with zero attached hydrogens (tertiary/aromatic N) is 2. The molecule has 1 saturated heterocycles. The molecule has 1 aromatic carbocycles. The third-order valence-electron chi connectivity index (χ3n) is 3.94. The van der Waals surface area contributed by atoms with Gasteiger partial charge in [-0.2, -0.15) is 4.31 Å². The van der Waals surface area contributed by atoms with Gasteiger partial charge in [-0.05, 0) is 41.8 Å². The van der Waals surface area contributed by atoms with Gasteiger partial charge in [0.2, 0.25) is 15.9 Å². The Hall–Kier alpha value is -1.48. The monoisotopic (exact) mass is 440 g/mol. The molecule has 1 aromatic heterocycles. The highest BCUT2D eigenvalue weighted by molar-refractivity contribution is 9.10. The fourth-order valence-electron chi connectivity index (χ4n) is 2.55. The van der Waals surface area contributed by atoms with Crippen LogP contribution in [-0.2, 0) is 14.8 Å². The molecule has 8 heteroatoms. The van der Waals surface area contributed by atoms with Crippen LogP contribution >= 0.6 is 27.3 Å². The zero-order valence-corrected chi connectivity index (χ0v) is 16.6. The molecule has 1 aliphatic heterocycles. The third-order valence-corrected chi connectivity index (χ3v) is 7.21. The number of amides is 1. The molecule has 1 fully saturated rings. The molecule has 0 bridgehead atoms. The van der Waals surface area contributed by atoms with Crippen molar-refractivity contribution in [1.29, 1.82) is 0 Å². The van der Waals surface area contributed by atoms with Crippen LogP contribution < -0.4 is 0 Å². The molecule has 0 spiro atoms. The quantitative estimate of drug-likeness (QED) is 0.686. The highest BCUT2D eigenvalue weighted by atomic mass is 79.9. The van der Waals surface area contributed by atoms with Crippen molar-refractivity contribution in [3.63, 3.8) is 0 Å². The van der Waals surface area contributed by atoms with Gasteiger partial charge in [0.25, 0.3) is 0 Å². The summed E-state index contributed by atoms with van der Waals surface area (Å²) >= 11 is 4.87. The predicted octanol–water partition coefficient (Wildman–Crippen LogP) is 3.06. The zero-order chi connectivity index (χ0) is 17.9. The minimum atomic E-state index is -3.52.